The number of nitrogens with zero attached hydrogens (tertiary/aromatic N) is 1. The number of aromatic amines is 1. The number of hydrogen-bond acceptors (Lipinski definition) is 12. The van der Waals surface area contributed by atoms with Gasteiger partial charge in [-0.15, -0.1) is 0 Å². The zero-order valence-corrected chi connectivity index (χ0v) is 18.3. The number of nitrogens with one attached hydrogen (secondary N) is 1. The van der Waals surface area contributed by atoms with Gasteiger partial charge in [-0.2, -0.15) is 8.62 Å². The smallest absolute Gasteiger partial charge is 0.385 e. The van der Waals surface area contributed by atoms with Crippen molar-refractivity contribution in [1.29, 1.82) is 0 Å². The van der Waals surface area contributed by atoms with Crippen molar-refractivity contribution in [2.24, 2.45) is 0 Å². The van der Waals surface area contributed by atoms with Gasteiger partial charge in [0.1, 0.15) is 23.4 Å². The van der Waals surface area contributed by atoms with Gasteiger partial charge in [0, 0.05) is 6.20 Å². The maximum Gasteiger partial charge on any atom is 0.490 e. The monoisotopic (exact) mass is 548 g/mol. The highest BCUT2D eigenvalue weighted by atomic mass is 32.1. The molecule has 0 amide bonds. The number of hydrogen-bond donors (Lipinski definition) is 7. The summed E-state index contributed by atoms with van der Waals surface area (Å²) in [4.78, 5) is 60.5. The van der Waals surface area contributed by atoms with Crippen molar-refractivity contribution >= 4 is 42.0 Å². The van der Waals surface area contributed by atoms with Crippen molar-refractivity contribution < 1.29 is 73.3 Å². The molecule has 1 aliphatic heterocycles. The standard InChI is InChI=1S/C10H14FN2O15P3S/c11-10(3-25-30(21,22)28-31(23,24)27-29(18,19)20)6(16)5(15)8(26-10)13-1-4(2-14)7(32)12-9(13)17/h1-2,5-6,8,15-16H,3H2,(H,21,22)(H,23,24)(H,12,17,32)(H2,18,19,20)/t5-,6+,8-,10-/m1/s1/i3D2. The first-order valence-corrected chi connectivity index (χ1v) is 12.5. The van der Waals surface area contributed by atoms with E-state index in [2.05, 4.69) is 30.1 Å². The van der Waals surface area contributed by atoms with E-state index >= 15 is 4.39 Å². The summed E-state index contributed by atoms with van der Waals surface area (Å²) in [6.07, 6.45) is -6.97. The molecule has 2 unspecified atom stereocenters. The Bertz CT molecular complexity index is 1240. The average Bonchev–Trinajstić information content (AvgIpc) is 2.83. The maximum absolute atomic E-state index is 15.4. The van der Waals surface area contributed by atoms with Crippen LogP contribution < -0.4 is 5.69 Å². The van der Waals surface area contributed by atoms with Crippen LogP contribution in [0.25, 0.3) is 0 Å². The van der Waals surface area contributed by atoms with Crippen LogP contribution in [-0.4, -0.2) is 70.2 Å². The fourth-order valence-corrected chi connectivity index (χ4v) is 5.25. The molecule has 182 valence electrons. The van der Waals surface area contributed by atoms with Gasteiger partial charge >= 0.3 is 29.2 Å². The fraction of sp³-hybridized carbons (Fsp3) is 0.500. The molecular weight excluding hydrogens is 532 g/mol. The zero-order chi connectivity index (χ0) is 26.5. The second-order valence-corrected chi connectivity index (χ2v) is 10.5. The Kier molecular flexibility index (Phi) is 7.03. The molecule has 1 aromatic heterocycles. The number of aldehydes is 1. The molecule has 0 spiro atoms. The summed E-state index contributed by atoms with van der Waals surface area (Å²) >= 11 is 4.68. The van der Waals surface area contributed by atoms with Gasteiger partial charge in [-0.3, -0.25) is 18.9 Å². The van der Waals surface area contributed by atoms with E-state index in [0.717, 1.165) is 0 Å². The lowest BCUT2D eigenvalue weighted by Crippen LogP contribution is -2.43. The molecule has 17 nitrogen and oxygen atoms in total. The predicted molar refractivity (Wildman–Crippen MR) is 97.1 cm³/mol. The van der Waals surface area contributed by atoms with Crippen LogP contribution in [0.4, 0.5) is 4.39 Å². The van der Waals surface area contributed by atoms with Crippen LogP contribution in [0.5, 0.6) is 0 Å². The third-order valence-electron chi connectivity index (χ3n) is 3.40. The minimum absolute atomic E-state index is 0.143. The number of aliphatic hydroxyl groups excluding tert-OH is 2. The lowest BCUT2D eigenvalue weighted by atomic mass is 10.1. The van der Waals surface area contributed by atoms with Crippen LogP contribution in [0.15, 0.2) is 11.0 Å². The molecule has 2 rings (SSSR count). The van der Waals surface area contributed by atoms with Crippen molar-refractivity contribution in [1.82, 2.24) is 9.55 Å². The number of alkyl halides is 1. The molecule has 0 aliphatic carbocycles. The third-order valence-corrected chi connectivity index (χ3v) is 7.39. The lowest BCUT2D eigenvalue weighted by molar-refractivity contribution is -0.204. The number of rotatable bonds is 9. The van der Waals surface area contributed by atoms with Gasteiger partial charge in [0.15, 0.2) is 12.5 Å². The molecular formula is C10H14FN2O15P3S. The van der Waals surface area contributed by atoms with Crippen molar-refractivity contribution in [3.8, 4) is 0 Å². The predicted octanol–water partition coefficient (Wildman–Crippen LogP) is -1.02. The summed E-state index contributed by atoms with van der Waals surface area (Å²) in [6.45, 7) is -4.34. The van der Waals surface area contributed by atoms with Crippen LogP contribution in [0.1, 0.15) is 19.3 Å². The Balaban J connectivity index is 2.38. The Morgan fingerprint density at radius 1 is 1.28 bits per heavy atom. The van der Waals surface area contributed by atoms with E-state index in [9.17, 15) is 38.4 Å². The summed E-state index contributed by atoms with van der Waals surface area (Å²) in [5, 5.41) is 20.1. The Hall–Kier alpha value is -1.01. The van der Waals surface area contributed by atoms with Crippen molar-refractivity contribution in [2.45, 2.75) is 24.3 Å². The second-order valence-electron chi connectivity index (χ2n) is 5.74. The van der Waals surface area contributed by atoms with Crippen molar-refractivity contribution in [2.75, 3.05) is 6.56 Å². The SMILES string of the molecule is [2H]C([2H])(OP(=O)(O)OP(=O)(O)OP(=O)(O)O)[C@@]1(F)O[C@@H](n2cc(C=O)c(=S)[nH]c2=O)[C@H](O)[C@@H]1O. The number of phosphoric ester groups is 1. The summed E-state index contributed by atoms with van der Waals surface area (Å²) in [7, 11) is -18.2. The number of ether oxygens (including phenoxy) is 1. The minimum atomic E-state index is -6.29. The number of carbonyl (C=O) groups is 1. The first-order chi connectivity index (χ1) is 15.1. The molecule has 6 atom stereocenters. The van der Waals surface area contributed by atoms with Crippen LogP contribution in [0.2, 0.25) is 0 Å². The molecule has 0 bridgehead atoms. The first kappa shape index (κ1) is 24.1. The van der Waals surface area contributed by atoms with Crippen LogP contribution in [0, 0.1) is 4.64 Å². The van der Waals surface area contributed by atoms with Crippen LogP contribution >= 0.6 is 35.7 Å². The topological polar surface area (TPSA) is 264 Å². The van der Waals surface area contributed by atoms with Gasteiger partial charge in [0.2, 0.25) is 0 Å². The van der Waals surface area contributed by atoms with E-state index in [4.69, 9.17) is 17.4 Å². The van der Waals surface area contributed by atoms with Gasteiger partial charge < -0.3 is 34.5 Å². The van der Waals surface area contributed by atoms with E-state index in [-0.39, 0.29) is 21.1 Å². The van der Waals surface area contributed by atoms with Gasteiger partial charge in [-0.25, -0.2) is 22.9 Å². The number of phosphoric acid groups is 3. The number of aromatic nitrogens is 2. The Morgan fingerprint density at radius 3 is 2.41 bits per heavy atom. The summed E-state index contributed by atoms with van der Waals surface area (Å²) in [5.74, 6) is -4.31. The number of H-pyrrole nitrogens is 1. The highest BCUT2D eigenvalue weighted by Crippen LogP contribution is 2.66. The maximum atomic E-state index is 15.4. The highest BCUT2D eigenvalue weighted by Gasteiger charge is 2.57. The second kappa shape index (κ2) is 9.32. The largest absolute Gasteiger partial charge is 0.490 e. The average molecular weight is 548 g/mol. The Morgan fingerprint density at radius 2 is 1.88 bits per heavy atom. The molecule has 1 saturated heterocycles. The third kappa shape index (κ3) is 6.53. The van der Waals surface area contributed by atoms with Gasteiger partial charge in [-0.1, -0.05) is 12.2 Å². The van der Waals surface area contributed by atoms with Crippen molar-refractivity contribution in [3.05, 3.63) is 26.9 Å². The van der Waals surface area contributed by atoms with E-state index in [0.29, 0.717) is 6.20 Å². The molecule has 7 N–H and O–H groups in total. The molecule has 0 radical (unpaired) electrons. The van der Waals surface area contributed by atoms with E-state index < -0.39 is 60.0 Å². The zero-order valence-electron chi connectivity index (χ0n) is 16.8. The summed E-state index contributed by atoms with van der Waals surface area (Å²) < 4.78 is 79.2. The molecule has 1 aliphatic rings. The molecule has 32 heavy (non-hydrogen) atoms. The quantitative estimate of drug-likeness (QED) is 0.111. The van der Waals surface area contributed by atoms with Gasteiger partial charge in [0.05, 0.1) is 8.30 Å². The molecule has 1 aromatic rings. The molecule has 2 heterocycles. The highest BCUT2D eigenvalue weighted by molar-refractivity contribution is 7.71. The number of halogens is 1. The fourth-order valence-electron chi connectivity index (χ4n) is 2.19. The minimum Gasteiger partial charge on any atom is -0.385 e. The molecule has 1 fully saturated rings. The van der Waals surface area contributed by atoms with Crippen LogP contribution in [0.3, 0.4) is 0 Å². The van der Waals surface area contributed by atoms with E-state index in [1.807, 2.05) is 4.98 Å². The molecule has 22 heteroatoms. The lowest BCUT2D eigenvalue weighted by Gasteiger charge is -2.24. The van der Waals surface area contributed by atoms with Gasteiger partial charge in [-0.05, 0) is 0 Å². The molecule has 0 saturated carbocycles. The number of aliphatic hydroxyl groups is 2. The summed E-state index contributed by atoms with van der Waals surface area (Å²) in [5.41, 5.74) is -1.61. The summed E-state index contributed by atoms with van der Waals surface area (Å²) in [6, 6.07) is 0. The molecule has 0 aromatic carbocycles. The normalized spacial score (nSPS) is 31.3. The Labute approximate surface area is 183 Å². The van der Waals surface area contributed by atoms with E-state index in [1.165, 1.54) is 0 Å². The van der Waals surface area contributed by atoms with Crippen molar-refractivity contribution in [3.63, 3.8) is 0 Å². The first-order valence-electron chi connectivity index (χ1n) is 8.53. The van der Waals surface area contributed by atoms with Gasteiger partial charge in [0.25, 0.3) is 5.85 Å². The van der Waals surface area contributed by atoms with Crippen LogP contribution in [-0.2, 0) is 31.6 Å². The number of carbonyl (C=O) groups excluding carboxylic acids is 1. The van der Waals surface area contributed by atoms with E-state index in [1.54, 1.807) is 0 Å².